The van der Waals surface area contributed by atoms with Crippen molar-refractivity contribution in [3.8, 4) is 11.5 Å². The highest BCUT2D eigenvalue weighted by atomic mass is 35.5. The minimum absolute atomic E-state index is 0.0146. The summed E-state index contributed by atoms with van der Waals surface area (Å²) in [4.78, 5) is 26.8. The molecule has 0 spiro atoms. The van der Waals surface area contributed by atoms with Crippen LogP contribution in [0, 0.1) is 0 Å². The van der Waals surface area contributed by atoms with Gasteiger partial charge in [0.1, 0.15) is 11.5 Å². The molecule has 34 heavy (non-hydrogen) atoms. The normalized spacial score (nSPS) is 20.0. The number of carbonyl (C=O) groups excluding carboxylic acids is 2. The molecule has 2 aliphatic rings. The number of rotatable bonds is 6. The van der Waals surface area contributed by atoms with Crippen molar-refractivity contribution >= 4 is 23.4 Å². The topological polar surface area (TPSA) is 73.9 Å². The van der Waals surface area contributed by atoms with Crippen molar-refractivity contribution < 1.29 is 23.8 Å². The van der Waals surface area contributed by atoms with Gasteiger partial charge in [-0.25, -0.2) is 4.79 Å². The molecule has 1 N–H and O–H groups in total. The molecule has 178 valence electrons. The van der Waals surface area contributed by atoms with Gasteiger partial charge in [-0.3, -0.25) is 4.79 Å². The number of allylic oxidation sites excluding steroid dienone is 3. The molecule has 6 nitrogen and oxygen atoms in total. The number of Topliss-reactive ketones (excluding diaryl/α,β-unsaturated/α-hetero) is 1. The van der Waals surface area contributed by atoms with Gasteiger partial charge in [-0.15, -0.1) is 0 Å². The third-order valence-electron chi connectivity index (χ3n) is 6.41. The molecular weight excluding hydrogens is 454 g/mol. The molecule has 0 amide bonds. The molecule has 2 atom stereocenters. The third-order valence-corrected chi connectivity index (χ3v) is 6.66. The number of halogens is 1. The van der Waals surface area contributed by atoms with Crippen LogP contribution in [0.2, 0.25) is 5.02 Å². The lowest BCUT2D eigenvalue weighted by Crippen LogP contribution is -2.36. The first-order chi connectivity index (χ1) is 16.4. The maximum atomic E-state index is 13.7. The Morgan fingerprint density at radius 3 is 2.47 bits per heavy atom. The third kappa shape index (κ3) is 4.42. The second-order valence-corrected chi connectivity index (χ2v) is 8.83. The fourth-order valence-electron chi connectivity index (χ4n) is 4.87. The summed E-state index contributed by atoms with van der Waals surface area (Å²) in [5, 5.41) is 4.01. The van der Waals surface area contributed by atoms with Gasteiger partial charge in [0, 0.05) is 34.0 Å². The first-order valence-electron chi connectivity index (χ1n) is 11.3. The van der Waals surface area contributed by atoms with E-state index in [9.17, 15) is 9.59 Å². The molecule has 1 aliphatic heterocycles. The standard InChI is InChI=1S/C27H28ClNO5/c1-5-34-27(31)24-15(2)29-21-12-17(16-6-8-18(28)9-7-16)13-22(30)26(21)25(24)20-14-19(32-3)10-11-23(20)33-4/h6-11,14,17,25,29H,5,12-13H2,1-4H3/t17-,25+/m1/s1. The molecule has 0 radical (unpaired) electrons. The first kappa shape index (κ1) is 23.9. The van der Waals surface area contributed by atoms with Crippen molar-refractivity contribution in [2.45, 2.75) is 38.5 Å². The van der Waals surface area contributed by atoms with Gasteiger partial charge in [-0.2, -0.15) is 0 Å². The Morgan fingerprint density at radius 1 is 1.09 bits per heavy atom. The van der Waals surface area contributed by atoms with E-state index in [2.05, 4.69) is 5.32 Å². The second kappa shape index (κ2) is 9.94. The lowest BCUT2D eigenvalue weighted by atomic mass is 9.71. The van der Waals surface area contributed by atoms with Gasteiger partial charge >= 0.3 is 5.97 Å². The Hall–Kier alpha value is -3.25. The van der Waals surface area contributed by atoms with E-state index in [1.807, 2.05) is 37.3 Å². The summed E-state index contributed by atoms with van der Waals surface area (Å²) in [7, 11) is 3.15. The van der Waals surface area contributed by atoms with Crippen LogP contribution in [0.25, 0.3) is 0 Å². The summed E-state index contributed by atoms with van der Waals surface area (Å²) in [6, 6.07) is 13.0. The van der Waals surface area contributed by atoms with Gasteiger partial charge in [0.2, 0.25) is 0 Å². The van der Waals surface area contributed by atoms with E-state index in [-0.39, 0.29) is 18.3 Å². The first-order valence-corrected chi connectivity index (χ1v) is 11.6. The number of hydrogen-bond acceptors (Lipinski definition) is 6. The van der Waals surface area contributed by atoms with Crippen molar-refractivity contribution in [2.24, 2.45) is 0 Å². The number of ether oxygens (including phenoxy) is 3. The fraction of sp³-hybridized carbons (Fsp3) is 0.333. The summed E-state index contributed by atoms with van der Waals surface area (Å²) >= 11 is 6.06. The van der Waals surface area contributed by atoms with Gasteiger partial charge in [-0.05, 0) is 62.1 Å². The fourth-order valence-corrected chi connectivity index (χ4v) is 4.99. The Balaban J connectivity index is 1.86. The van der Waals surface area contributed by atoms with E-state index >= 15 is 0 Å². The Labute approximate surface area is 204 Å². The van der Waals surface area contributed by atoms with Gasteiger partial charge in [0.25, 0.3) is 0 Å². The number of carbonyl (C=O) groups is 2. The van der Waals surface area contributed by atoms with Crippen molar-refractivity contribution in [2.75, 3.05) is 20.8 Å². The maximum absolute atomic E-state index is 13.7. The molecule has 2 aromatic rings. The lowest BCUT2D eigenvalue weighted by Gasteiger charge is -2.37. The monoisotopic (exact) mass is 481 g/mol. The zero-order valence-electron chi connectivity index (χ0n) is 19.7. The van der Waals surface area contributed by atoms with Gasteiger partial charge in [0.05, 0.1) is 32.3 Å². The van der Waals surface area contributed by atoms with Crippen LogP contribution in [0.15, 0.2) is 65.0 Å². The Morgan fingerprint density at radius 2 is 1.82 bits per heavy atom. The van der Waals surface area contributed by atoms with E-state index < -0.39 is 11.9 Å². The summed E-state index contributed by atoms with van der Waals surface area (Å²) in [5.74, 6) is 0.0978. The maximum Gasteiger partial charge on any atom is 0.336 e. The lowest BCUT2D eigenvalue weighted by molar-refractivity contribution is -0.138. The number of dihydropyridines is 1. The van der Waals surface area contributed by atoms with Crippen molar-refractivity contribution in [1.29, 1.82) is 0 Å². The van der Waals surface area contributed by atoms with Crippen LogP contribution in [0.3, 0.4) is 0 Å². The van der Waals surface area contributed by atoms with E-state index in [0.717, 1.165) is 11.3 Å². The summed E-state index contributed by atoms with van der Waals surface area (Å²) in [6.07, 6.45) is 0.971. The van der Waals surface area contributed by atoms with E-state index in [1.54, 1.807) is 33.3 Å². The molecule has 1 aliphatic carbocycles. The quantitative estimate of drug-likeness (QED) is 0.566. The van der Waals surface area contributed by atoms with E-state index in [0.29, 0.717) is 51.8 Å². The van der Waals surface area contributed by atoms with E-state index in [1.165, 1.54) is 0 Å². The van der Waals surface area contributed by atoms with Gasteiger partial charge in [0.15, 0.2) is 5.78 Å². The minimum atomic E-state index is -0.626. The van der Waals surface area contributed by atoms with Crippen LogP contribution in [-0.4, -0.2) is 32.6 Å². The van der Waals surface area contributed by atoms with Crippen LogP contribution in [-0.2, 0) is 14.3 Å². The van der Waals surface area contributed by atoms with Gasteiger partial charge < -0.3 is 19.5 Å². The average Bonchev–Trinajstić information content (AvgIpc) is 2.83. The van der Waals surface area contributed by atoms with Crippen LogP contribution in [0.5, 0.6) is 11.5 Å². The number of ketones is 1. The summed E-state index contributed by atoms with van der Waals surface area (Å²) in [6.45, 7) is 3.83. The zero-order valence-corrected chi connectivity index (χ0v) is 20.5. The Kier molecular flexibility index (Phi) is 6.98. The average molecular weight is 482 g/mol. The Bertz CT molecular complexity index is 1180. The highest BCUT2D eigenvalue weighted by molar-refractivity contribution is 6.30. The predicted molar refractivity (Wildman–Crippen MR) is 130 cm³/mol. The van der Waals surface area contributed by atoms with Gasteiger partial charge in [-0.1, -0.05) is 23.7 Å². The molecule has 0 fully saturated rings. The van der Waals surface area contributed by atoms with Crippen molar-refractivity contribution in [3.05, 3.63) is 81.2 Å². The molecule has 0 unspecified atom stereocenters. The largest absolute Gasteiger partial charge is 0.497 e. The number of nitrogens with one attached hydrogen (secondary N) is 1. The molecule has 7 heteroatoms. The second-order valence-electron chi connectivity index (χ2n) is 8.40. The molecule has 0 saturated heterocycles. The molecule has 0 saturated carbocycles. The number of benzene rings is 2. The molecule has 1 heterocycles. The predicted octanol–water partition coefficient (Wildman–Crippen LogP) is 5.28. The number of esters is 1. The molecule has 4 rings (SSSR count). The SMILES string of the molecule is CCOC(=O)C1=C(C)NC2=C(C(=O)C[C@H](c3ccc(Cl)cc3)C2)[C@H]1c1cc(OC)ccc1OC. The smallest absolute Gasteiger partial charge is 0.336 e. The van der Waals surface area contributed by atoms with Crippen molar-refractivity contribution in [3.63, 3.8) is 0 Å². The van der Waals surface area contributed by atoms with Crippen LogP contribution in [0.1, 0.15) is 49.7 Å². The summed E-state index contributed by atoms with van der Waals surface area (Å²) in [5.41, 5.74) is 4.21. The highest BCUT2D eigenvalue weighted by Gasteiger charge is 2.42. The highest BCUT2D eigenvalue weighted by Crippen LogP contribution is 2.48. The molecular formula is C27H28ClNO5. The number of hydrogen-bond donors (Lipinski definition) is 1. The number of methoxy groups -OCH3 is 2. The minimum Gasteiger partial charge on any atom is -0.497 e. The summed E-state index contributed by atoms with van der Waals surface area (Å²) < 4.78 is 16.5. The molecule has 0 aromatic heterocycles. The van der Waals surface area contributed by atoms with Crippen molar-refractivity contribution in [1.82, 2.24) is 5.32 Å². The van der Waals surface area contributed by atoms with Crippen LogP contribution < -0.4 is 14.8 Å². The molecule has 2 aromatic carbocycles. The molecule has 0 bridgehead atoms. The van der Waals surface area contributed by atoms with E-state index in [4.69, 9.17) is 25.8 Å². The zero-order chi connectivity index (χ0) is 24.4. The van der Waals surface area contributed by atoms with Crippen LogP contribution >= 0.6 is 11.6 Å². The van der Waals surface area contributed by atoms with Crippen LogP contribution in [0.4, 0.5) is 0 Å².